The number of nitrogens with zero attached hydrogens (tertiary/aromatic N) is 2. The minimum absolute atomic E-state index is 0. The maximum atomic E-state index is 13.7. The number of aromatic nitrogens is 1. The van der Waals surface area contributed by atoms with Crippen LogP contribution in [0.2, 0.25) is 0 Å². The van der Waals surface area contributed by atoms with E-state index in [1.165, 1.54) is 43.1 Å². The number of ether oxygens (including phenoxy) is 9. The largest absolute Gasteiger partial charge is 0.497 e. The first-order chi connectivity index (χ1) is 37.7. The van der Waals surface area contributed by atoms with Gasteiger partial charge in [0.05, 0.1) is 90.8 Å². The first-order valence-electron chi connectivity index (χ1n) is 23.9. The van der Waals surface area contributed by atoms with Gasteiger partial charge < -0.3 is 86.9 Å². The number of pyridine rings is 1. The molecule has 0 radical (unpaired) electrons. The monoisotopic (exact) mass is 1140 g/mol. The zero-order valence-corrected chi connectivity index (χ0v) is 43.5. The molecular weight excluding hydrogens is 1080 g/mol. The van der Waals surface area contributed by atoms with Crippen LogP contribution < -0.4 is 49.9 Å². The topological polar surface area (TPSA) is 339 Å². The summed E-state index contributed by atoms with van der Waals surface area (Å²) in [6.07, 6.45) is -11.2. The molecule has 80 heavy (non-hydrogen) atoms. The van der Waals surface area contributed by atoms with Crippen molar-refractivity contribution in [1.29, 1.82) is 5.26 Å². The van der Waals surface area contributed by atoms with Crippen LogP contribution in [0, 0.1) is 47.8 Å². The molecule has 5 rings (SSSR count). The van der Waals surface area contributed by atoms with Crippen molar-refractivity contribution >= 4 is 46.9 Å². The van der Waals surface area contributed by atoms with Gasteiger partial charge in [-0.2, -0.15) is 18.6 Å². The number of carbonyl (C=O) groups is 5. The van der Waals surface area contributed by atoms with Gasteiger partial charge >= 0.3 is 23.7 Å². The highest BCUT2D eigenvalue weighted by molar-refractivity contribution is 5.93. The molecule has 0 aliphatic carbocycles. The average molecular weight is 1140 g/mol. The number of nitrogens with one attached hydrogen (secondary N) is 3. The first-order valence-corrected chi connectivity index (χ1v) is 23.9. The number of carbonyl (C=O) groups excluding carboxylic acids is 4. The van der Waals surface area contributed by atoms with E-state index in [1.807, 2.05) is 6.07 Å². The SMILES string of the molecule is CCOc1c(C#N)c(N)cc(NC(=O)Cc2cc(OC)ccc2OC)[n+]1Cc1ccc(O[C@@H]2O[C@H](C(=O)O)[C@@H](O)[C@H](O)[C@H]2O)c(NC(=O)CCNC(=O)CCOCCOCCOCCC(=O)Oc2c(F)c(F)c(F)c(F)c2F)c1.[CH3-]. The lowest BCUT2D eigenvalue weighted by atomic mass is 9.99. The second-order valence-electron chi connectivity index (χ2n) is 16.7. The van der Waals surface area contributed by atoms with Crippen molar-refractivity contribution in [2.45, 2.75) is 69.9 Å². The normalized spacial score (nSPS) is 16.6. The van der Waals surface area contributed by atoms with Crippen LogP contribution in [0.1, 0.15) is 42.9 Å². The van der Waals surface area contributed by atoms with E-state index in [4.69, 9.17) is 43.6 Å². The number of hydrogen-bond donors (Lipinski definition) is 8. The summed E-state index contributed by atoms with van der Waals surface area (Å²) in [7, 11) is 2.90. The molecule has 1 saturated heterocycles. The van der Waals surface area contributed by atoms with Crippen molar-refractivity contribution in [2.75, 3.05) is 83.4 Å². The number of aliphatic carboxylic acids is 1. The smallest absolute Gasteiger partial charge is 0.335 e. The van der Waals surface area contributed by atoms with Crippen LogP contribution in [0.3, 0.4) is 0 Å². The molecule has 1 fully saturated rings. The number of halogens is 5. The van der Waals surface area contributed by atoms with Crippen molar-refractivity contribution in [3.8, 4) is 34.9 Å². The predicted molar refractivity (Wildman–Crippen MR) is 266 cm³/mol. The summed E-state index contributed by atoms with van der Waals surface area (Å²) in [5, 5.41) is 59.2. The number of hydrogen-bond acceptors (Lipinski definition) is 19. The summed E-state index contributed by atoms with van der Waals surface area (Å²) in [5.74, 6) is -17.4. The van der Waals surface area contributed by atoms with Gasteiger partial charge in [-0.3, -0.25) is 14.4 Å². The van der Waals surface area contributed by atoms with E-state index in [-0.39, 0.29) is 120 Å². The molecule has 3 amide bonds. The number of carboxylic acids is 1. The van der Waals surface area contributed by atoms with Crippen LogP contribution in [0.4, 0.5) is 39.1 Å². The molecule has 2 heterocycles. The fraction of sp³-hybridized carbons (Fsp3) is 0.412. The van der Waals surface area contributed by atoms with Gasteiger partial charge in [-0.1, -0.05) is 6.07 Å². The quantitative estimate of drug-likeness (QED) is 0.00565. The van der Waals surface area contributed by atoms with Gasteiger partial charge in [0.2, 0.25) is 52.9 Å². The van der Waals surface area contributed by atoms with E-state index in [9.17, 15) is 71.6 Å². The molecule has 29 heteroatoms. The van der Waals surface area contributed by atoms with Crippen molar-refractivity contribution in [3.63, 3.8) is 0 Å². The van der Waals surface area contributed by atoms with Crippen LogP contribution in [0.25, 0.3) is 0 Å². The Morgan fingerprint density at radius 2 is 1.38 bits per heavy atom. The minimum atomic E-state index is -2.41. The Labute approximate surface area is 453 Å². The van der Waals surface area contributed by atoms with E-state index < -0.39 is 102 Å². The molecule has 0 bridgehead atoms. The summed E-state index contributed by atoms with van der Waals surface area (Å²) in [6, 6.07) is 12.4. The van der Waals surface area contributed by atoms with Gasteiger partial charge in [0.1, 0.15) is 48.2 Å². The molecule has 24 nitrogen and oxygen atoms in total. The van der Waals surface area contributed by atoms with Gasteiger partial charge in [0.15, 0.2) is 11.7 Å². The summed E-state index contributed by atoms with van der Waals surface area (Å²) in [4.78, 5) is 63.4. The molecule has 0 spiro atoms. The molecule has 3 aromatic carbocycles. The molecule has 0 unspecified atom stereocenters. The fourth-order valence-electron chi connectivity index (χ4n) is 7.36. The van der Waals surface area contributed by atoms with Crippen LogP contribution in [0.5, 0.6) is 28.9 Å². The third-order valence-electron chi connectivity index (χ3n) is 11.3. The number of amides is 3. The lowest BCUT2D eigenvalue weighted by Crippen LogP contribution is -2.61. The van der Waals surface area contributed by atoms with E-state index in [2.05, 4.69) is 20.7 Å². The van der Waals surface area contributed by atoms with E-state index in [0.717, 1.165) is 0 Å². The third-order valence-corrected chi connectivity index (χ3v) is 11.3. The average Bonchev–Trinajstić information content (AvgIpc) is 3.46. The van der Waals surface area contributed by atoms with Crippen LogP contribution in [-0.4, -0.2) is 148 Å². The van der Waals surface area contributed by atoms with Crippen LogP contribution in [0.15, 0.2) is 42.5 Å². The van der Waals surface area contributed by atoms with E-state index >= 15 is 0 Å². The number of aliphatic hydroxyl groups excluding tert-OH is 3. The highest BCUT2D eigenvalue weighted by Crippen LogP contribution is 2.33. The summed E-state index contributed by atoms with van der Waals surface area (Å²) in [6.45, 7) is 0.925. The van der Waals surface area contributed by atoms with Crippen molar-refractivity contribution in [1.82, 2.24) is 5.32 Å². The summed E-state index contributed by atoms with van der Waals surface area (Å²) >= 11 is 0. The van der Waals surface area contributed by atoms with Gasteiger partial charge in [-0.25, -0.2) is 28.1 Å². The van der Waals surface area contributed by atoms with E-state index in [0.29, 0.717) is 22.6 Å². The Morgan fingerprint density at radius 3 is 1.99 bits per heavy atom. The van der Waals surface area contributed by atoms with Crippen LogP contribution in [-0.2, 0) is 55.9 Å². The Bertz CT molecular complexity index is 2850. The number of nitriles is 1. The summed E-state index contributed by atoms with van der Waals surface area (Å²) in [5.41, 5.74) is 6.90. The number of aliphatic hydroxyl groups is 3. The lowest BCUT2D eigenvalue weighted by Gasteiger charge is -2.38. The molecule has 5 atom stereocenters. The molecule has 0 saturated carbocycles. The molecule has 1 aliphatic heterocycles. The maximum Gasteiger partial charge on any atom is 0.335 e. The highest BCUT2D eigenvalue weighted by atomic mass is 19.2. The number of nitrogens with two attached hydrogens (primary N) is 1. The number of methoxy groups -OCH3 is 2. The second-order valence-corrected chi connectivity index (χ2v) is 16.7. The zero-order valence-electron chi connectivity index (χ0n) is 43.5. The molecule has 4 aromatic rings. The van der Waals surface area contributed by atoms with Gasteiger partial charge in [0, 0.05) is 24.9 Å². The number of esters is 1. The van der Waals surface area contributed by atoms with Gasteiger partial charge in [0.25, 0.3) is 5.82 Å². The number of nitrogen functional groups attached to an aromatic ring is 1. The van der Waals surface area contributed by atoms with Crippen LogP contribution >= 0.6 is 0 Å². The Morgan fingerprint density at radius 1 is 0.750 bits per heavy atom. The second kappa shape index (κ2) is 31.0. The number of anilines is 3. The summed E-state index contributed by atoms with van der Waals surface area (Å²) < 4.78 is 117. The molecular formula is C51H59F5N6O18. The number of carboxylic acid groups (broad SMARTS) is 1. The number of rotatable bonds is 29. The van der Waals surface area contributed by atoms with Crippen molar-refractivity contribution in [2.24, 2.45) is 0 Å². The Balaban J connectivity index is 0.0000138. The fourth-order valence-corrected chi connectivity index (χ4v) is 7.36. The Kier molecular flexibility index (Phi) is 25.0. The molecule has 436 valence electrons. The van der Waals surface area contributed by atoms with Gasteiger partial charge in [-0.05, 0) is 42.8 Å². The first kappa shape index (κ1) is 64.5. The lowest BCUT2D eigenvalue weighted by molar-refractivity contribution is -0.679. The predicted octanol–water partition coefficient (Wildman–Crippen LogP) is 2.37. The number of benzene rings is 3. The minimum Gasteiger partial charge on any atom is -0.497 e. The highest BCUT2D eigenvalue weighted by Gasteiger charge is 2.48. The molecule has 9 N–H and O–H groups in total. The molecule has 1 aromatic heterocycles. The Hall–Kier alpha value is -7.98. The van der Waals surface area contributed by atoms with Gasteiger partial charge in [-0.15, -0.1) is 0 Å². The standard InChI is InChI=1S/C50H55F5N6O18.CH3/c1-4-76-48-28(23-56)29(57)22-33(60-36(64)21-26-20-27(71-2)6-8-31(26)72-3)61(48)24-25-5-7-32(77-50-45(68)43(66)44(67)47(79-50)49(69)70)30(19-25)59-35(63)9-12-58-34(62)10-13-73-15-17-75-18-16-74-14-11-37(65)78-46-41(54)39(52)38(51)40(53)42(46)55;/h5-8,19-20,22,43-45,47,50,66-68H,4,9-18,21,24H2,1-3H3,(H5,57,58,59,60,62,63,64,69,70);1H3/q;-1/p+1/t43-,44-,45+,47-,50+;/m0./s1. The zero-order chi connectivity index (χ0) is 57.9. The third kappa shape index (κ3) is 17.3. The van der Waals surface area contributed by atoms with Crippen molar-refractivity contribution in [3.05, 3.63) is 95.7 Å². The maximum absolute atomic E-state index is 13.7. The molecule has 1 aliphatic rings. The van der Waals surface area contributed by atoms with Crippen molar-refractivity contribution < 1.29 is 114 Å². The van der Waals surface area contributed by atoms with E-state index in [1.54, 1.807) is 25.1 Å².